The van der Waals surface area contributed by atoms with Gasteiger partial charge in [0.2, 0.25) is 0 Å². The fourth-order valence-corrected chi connectivity index (χ4v) is 5.57. The summed E-state index contributed by atoms with van der Waals surface area (Å²) in [7, 11) is 0. The maximum atomic E-state index is 12.1. The Morgan fingerprint density at radius 3 is 2.27 bits per heavy atom. The van der Waals surface area contributed by atoms with Crippen molar-refractivity contribution >= 4 is 6.16 Å². The number of aromatic nitrogens is 2. The van der Waals surface area contributed by atoms with Crippen molar-refractivity contribution in [3.05, 3.63) is 83.9 Å². The van der Waals surface area contributed by atoms with E-state index in [1.165, 1.54) is 6.42 Å². The minimum atomic E-state index is -1.13. The zero-order valence-corrected chi connectivity index (χ0v) is 23.1. The number of hydrogen-bond donors (Lipinski definition) is 2. The Kier molecular flexibility index (Phi) is 8.57. The largest absolute Gasteiger partial charge is 0.516 e. The zero-order valence-electron chi connectivity index (χ0n) is 23.1. The Morgan fingerprint density at radius 2 is 1.62 bits per heavy atom. The first-order valence-electron chi connectivity index (χ1n) is 14.2. The number of rotatable bonds is 8. The third-order valence-electron chi connectivity index (χ3n) is 7.97. The van der Waals surface area contributed by atoms with Gasteiger partial charge in [0.05, 0.1) is 23.7 Å². The molecule has 2 aliphatic carbocycles. The first-order chi connectivity index (χ1) is 19.3. The second-order valence-electron chi connectivity index (χ2n) is 11.0. The molecule has 2 N–H and O–H groups in total. The monoisotopic (exact) mass is 546 g/mol. The molecule has 2 fully saturated rings. The summed E-state index contributed by atoms with van der Waals surface area (Å²) < 4.78 is 18.2. The lowest BCUT2D eigenvalue weighted by molar-refractivity contribution is -0.0736. The molecule has 8 heteroatoms. The van der Waals surface area contributed by atoms with Crippen molar-refractivity contribution in [1.29, 1.82) is 0 Å². The van der Waals surface area contributed by atoms with Gasteiger partial charge in [0.15, 0.2) is 0 Å². The van der Waals surface area contributed by atoms with E-state index in [4.69, 9.17) is 19.3 Å². The number of aliphatic hydroxyl groups excluding tert-OH is 1. The lowest BCUT2D eigenvalue weighted by atomic mass is 9.81. The van der Waals surface area contributed by atoms with E-state index in [0.29, 0.717) is 31.4 Å². The van der Waals surface area contributed by atoms with Crippen molar-refractivity contribution in [2.45, 2.75) is 89.1 Å². The van der Waals surface area contributed by atoms with E-state index in [-0.39, 0.29) is 24.8 Å². The SMILES string of the molecule is C=C(OC(=O)OC1CCCCC1)OC1CCC(O)(c2cc(-c3ccc(C)cc3)n(-c3ccc(CO)cc3)n2)CC1. The van der Waals surface area contributed by atoms with Crippen LogP contribution in [0.2, 0.25) is 0 Å². The fourth-order valence-electron chi connectivity index (χ4n) is 5.57. The van der Waals surface area contributed by atoms with Crippen molar-refractivity contribution in [2.24, 2.45) is 0 Å². The Morgan fingerprint density at radius 1 is 0.975 bits per heavy atom. The Hall–Kier alpha value is -3.62. The van der Waals surface area contributed by atoms with Crippen LogP contribution in [0.3, 0.4) is 0 Å². The minimum absolute atomic E-state index is 0.0301. The summed E-state index contributed by atoms with van der Waals surface area (Å²) in [4.78, 5) is 12.1. The van der Waals surface area contributed by atoms with Crippen molar-refractivity contribution in [3.8, 4) is 16.9 Å². The molecule has 1 heterocycles. The fraction of sp³-hybridized carbons (Fsp3) is 0.438. The summed E-state index contributed by atoms with van der Waals surface area (Å²) in [6, 6.07) is 17.7. The topological polar surface area (TPSA) is 103 Å². The molecule has 8 nitrogen and oxygen atoms in total. The van der Waals surface area contributed by atoms with Crippen LogP contribution in [0.1, 0.15) is 74.6 Å². The highest BCUT2D eigenvalue weighted by molar-refractivity contribution is 5.63. The summed E-state index contributed by atoms with van der Waals surface area (Å²) in [5.74, 6) is -0.0755. The van der Waals surface area contributed by atoms with Crippen LogP contribution in [0, 0.1) is 6.92 Å². The Labute approximate surface area is 235 Å². The molecule has 2 saturated carbocycles. The highest BCUT2D eigenvalue weighted by atomic mass is 16.8. The molecule has 0 bridgehead atoms. The van der Waals surface area contributed by atoms with Gasteiger partial charge in [-0.1, -0.05) is 48.4 Å². The van der Waals surface area contributed by atoms with Gasteiger partial charge < -0.3 is 24.4 Å². The molecule has 1 aromatic heterocycles. The van der Waals surface area contributed by atoms with Gasteiger partial charge in [-0.25, -0.2) is 9.48 Å². The quantitative estimate of drug-likeness (QED) is 0.247. The standard InChI is InChI=1S/C32H38N2O6/c1-22-8-12-25(13-9-22)29-20-30(33-34(29)26-14-10-24(21-35)11-15-26)32(37)18-16-28(17-19-32)38-23(2)39-31(36)40-27-6-4-3-5-7-27/h8-15,20,27-28,35,37H,2-7,16-19,21H2,1H3. The van der Waals surface area contributed by atoms with Crippen LogP contribution >= 0.6 is 0 Å². The number of benzene rings is 2. The summed E-state index contributed by atoms with van der Waals surface area (Å²) >= 11 is 0. The average Bonchev–Trinajstić information content (AvgIpc) is 3.42. The van der Waals surface area contributed by atoms with E-state index in [9.17, 15) is 15.0 Å². The van der Waals surface area contributed by atoms with Gasteiger partial charge in [-0.3, -0.25) is 0 Å². The number of hydrogen-bond acceptors (Lipinski definition) is 7. The van der Waals surface area contributed by atoms with Crippen LogP contribution in [-0.4, -0.2) is 38.4 Å². The molecule has 0 amide bonds. The highest BCUT2D eigenvalue weighted by Crippen LogP contribution is 2.40. The second-order valence-corrected chi connectivity index (χ2v) is 11.0. The van der Waals surface area contributed by atoms with E-state index < -0.39 is 11.8 Å². The van der Waals surface area contributed by atoms with Crippen molar-refractivity contribution in [2.75, 3.05) is 0 Å². The first-order valence-corrected chi connectivity index (χ1v) is 14.2. The average molecular weight is 547 g/mol. The Balaban J connectivity index is 1.26. The van der Waals surface area contributed by atoms with E-state index in [1.54, 1.807) is 0 Å². The second kappa shape index (κ2) is 12.3. The molecule has 0 unspecified atom stereocenters. The van der Waals surface area contributed by atoms with Crippen LogP contribution in [0.4, 0.5) is 4.79 Å². The molecule has 5 rings (SSSR count). The van der Waals surface area contributed by atoms with Gasteiger partial charge in [0, 0.05) is 5.56 Å². The molecule has 0 spiro atoms. The number of aryl methyl sites for hydroxylation is 1. The van der Waals surface area contributed by atoms with Gasteiger partial charge in [-0.15, -0.1) is 0 Å². The number of nitrogens with zero attached hydrogens (tertiary/aromatic N) is 2. The van der Waals surface area contributed by atoms with Crippen LogP contribution in [0.15, 0.2) is 67.1 Å². The van der Waals surface area contributed by atoms with Gasteiger partial charge in [-0.05, 0) is 88.6 Å². The summed E-state index contributed by atoms with van der Waals surface area (Å²) in [5, 5.41) is 26.0. The summed E-state index contributed by atoms with van der Waals surface area (Å²) in [5.41, 5.74) is 4.15. The highest BCUT2D eigenvalue weighted by Gasteiger charge is 2.39. The summed E-state index contributed by atoms with van der Waals surface area (Å²) in [6.45, 7) is 5.75. The van der Waals surface area contributed by atoms with Crippen LogP contribution < -0.4 is 0 Å². The number of aliphatic hydroxyl groups is 2. The van der Waals surface area contributed by atoms with Crippen molar-refractivity contribution in [1.82, 2.24) is 9.78 Å². The lowest BCUT2D eigenvalue weighted by Crippen LogP contribution is -2.35. The maximum Gasteiger partial charge on any atom is 0.516 e. The first kappa shape index (κ1) is 27.9. The zero-order chi connectivity index (χ0) is 28.1. The maximum absolute atomic E-state index is 12.1. The molecule has 2 aromatic carbocycles. The molecule has 0 saturated heterocycles. The third-order valence-corrected chi connectivity index (χ3v) is 7.97. The van der Waals surface area contributed by atoms with Gasteiger partial charge >= 0.3 is 6.16 Å². The van der Waals surface area contributed by atoms with E-state index in [1.807, 2.05) is 54.1 Å². The molecule has 3 aromatic rings. The molecule has 0 radical (unpaired) electrons. The predicted molar refractivity (Wildman–Crippen MR) is 150 cm³/mol. The van der Waals surface area contributed by atoms with Crippen LogP contribution in [-0.2, 0) is 26.4 Å². The molecule has 0 atom stereocenters. The molecule has 40 heavy (non-hydrogen) atoms. The summed E-state index contributed by atoms with van der Waals surface area (Å²) in [6.07, 6.45) is 5.87. The van der Waals surface area contributed by atoms with E-state index in [2.05, 4.69) is 18.7 Å². The molecule has 212 valence electrons. The van der Waals surface area contributed by atoms with E-state index in [0.717, 1.165) is 53.8 Å². The molecular formula is C32H38N2O6. The number of ether oxygens (including phenoxy) is 3. The third kappa shape index (κ3) is 6.57. The normalized spacial score (nSPS) is 21.5. The molecule has 0 aliphatic heterocycles. The smallest absolute Gasteiger partial charge is 0.462 e. The lowest BCUT2D eigenvalue weighted by Gasteiger charge is -2.34. The predicted octanol–water partition coefficient (Wildman–Crippen LogP) is 6.44. The van der Waals surface area contributed by atoms with Crippen LogP contribution in [0.25, 0.3) is 16.9 Å². The minimum Gasteiger partial charge on any atom is -0.462 e. The van der Waals surface area contributed by atoms with Gasteiger partial charge in [0.1, 0.15) is 17.8 Å². The van der Waals surface area contributed by atoms with Crippen LogP contribution in [0.5, 0.6) is 0 Å². The Bertz CT molecular complexity index is 1300. The molecule has 2 aliphatic rings. The molecular weight excluding hydrogens is 508 g/mol. The van der Waals surface area contributed by atoms with E-state index >= 15 is 0 Å². The number of carbonyl (C=O) groups excluding carboxylic acids is 1. The van der Waals surface area contributed by atoms with Crippen molar-refractivity contribution < 1.29 is 29.2 Å². The van der Waals surface area contributed by atoms with Gasteiger partial charge in [-0.2, -0.15) is 5.10 Å². The van der Waals surface area contributed by atoms with Gasteiger partial charge in [0.25, 0.3) is 5.95 Å². The van der Waals surface area contributed by atoms with Crippen molar-refractivity contribution in [3.63, 3.8) is 0 Å². The number of carbonyl (C=O) groups is 1.